The van der Waals surface area contributed by atoms with Crippen molar-refractivity contribution in [2.24, 2.45) is 0 Å². The van der Waals surface area contributed by atoms with E-state index in [9.17, 15) is 14.9 Å². The van der Waals surface area contributed by atoms with Crippen molar-refractivity contribution in [3.63, 3.8) is 0 Å². The molecule has 27 heavy (non-hydrogen) atoms. The summed E-state index contributed by atoms with van der Waals surface area (Å²) in [5.74, 6) is -0.340. The highest BCUT2D eigenvalue weighted by molar-refractivity contribution is 6.31. The number of aryl methyl sites for hydroxylation is 1. The summed E-state index contributed by atoms with van der Waals surface area (Å²) in [5.41, 5.74) is 1.99. The minimum Gasteiger partial charge on any atom is -0.378 e. The summed E-state index contributed by atoms with van der Waals surface area (Å²) in [6, 6.07) is 5.32. The molecule has 2 aromatic rings. The number of aromatic nitrogens is 2. The van der Waals surface area contributed by atoms with Crippen LogP contribution in [0.15, 0.2) is 18.2 Å². The molecule has 1 N–H and O–H groups in total. The van der Waals surface area contributed by atoms with Crippen LogP contribution < -0.4 is 10.2 Å². The summed E-state index contributed by atoms with van der Waals surface area (Å²) >= 11 is 6.10. The second-order valence-corrected chi connectivity index (χ2v) is 6.68. The minimum atomic E-state index is -0.487. The van der Waals surface area contributed by atoms with Gasteiger partial charge in [-0.15, -0.1) is 0 Å². The van der Waals surface area contributed by atoms with E-state index in [-0.39, 0.29) is 23.8 Å². The number of morpholine rings is 1. The Morgan fingerprint density at radius 2 is 2.07 bits per heavy atom. The minimum absolute atomic E-state index is 0.0699. The van der Waals surface area contributed by atoms with Crippen LogP contribution >= 0.6 is 11.6 Å². The largest absolute Gasteiger partial charge is 0.378 e. The van der Waals surface area contributed by atoms with Crippen LogP contribution in [0, 0.1) is 24.0 Å². The van der Waals surface area contributed by atoms with E-state index in [1.165, 1.54) is 4.68 Å². The van der Waals surface area contributed by atoms with E-state index in [0.29, 0.717) is 42.7 Å². The van der Waals surface area contributed by atoms with Crippen molar-refractivity contribution in [1.29, 1.82) is 0 Å². The van der Waals surface area contributed by atoms with Crippen LogP contribution in [-0.2, 0) is 16.1 Å². The van der Waals surface area contributed by atoms with Crippen molar-refractivity contribution in [3.8, 4) is 0 Å². The molecule has 1 amide bonds. The van der Waals surface area contributed by atoms with Gasteiger partial charge in [-0.1, -0.05) is 11.6 Å². The van der Waals surface area contributed by atoms with Crippen LogP contribution in [0.25, 0.3) is 0 Å². The first-order chi connectivity index (χ1) is 12.9. The standard InChI is InChI=1S/C17H20ClN5O4/c1-11-17(23(25)26)12(2)22(20-11)10-16(24)19-14-9-13(18)3-4-15(14)21-5-7-27-8-6-21/h3-4,9H,5-8,10H2,1-2H3,(H,19,24). The summed E-state index contributed by atoms with van der Waals surface area (Å²) in [7, 11) is 0. The van der Waals surface area contributed by atoms with Crippen molar-refractivity contribution >= 4 is 34.6 Å². The average molecular weight is 394 g/mol. The lowest BCUT2D eigenvalue weighted by atomic mass is 10.2. The van der Waals surface area contributed by atoms with Gasteiger partial charge in [0, 0.05) is 18.1 Å². The van der Waals surface area contributed by atoms with Gasteiger partial charge in [0.25, 0.3) is 0 Å². The van der Waals surface area contributed by atoms with Crippen LogP contribution in [0.3, 0.4) is 0 Å². The third kappa shape index (κ3) is 4.20. The summed E-state index contributed by atoms with van der Waals surface area (Å²) in [6.45, 7) is 5.66. The fraction of sp³-hybridized carbons (Fsp3) is 0.412. The molecule has 0 bridgehead atoms. The van der Waals surface area contributed by atoms with Crippen LogP contribution in [0.2, 0.25) is 5.02 Å². The normalized spacial score (nSPS) is 14.3. The molecule has 1 saturated heterocycles. The Balaban J connectivity index is 1.79. The number of nitrogens with zero attached hydrogens (tertiary/aromatic N) is 4. The first kappa shape index (κ1) is 19.1. The number of hydrogen-bond acceptors (Lipinski definition) is 6. The lowest BCUT2D eigenvalue weighted by Gasteiger charge is -2.30. The molecule has 0 radical (unpaired) electrons. The van der Waals surface area contributed by atoms with E-state index in [1.54, 1.807) is 26.0 Å². The zero-order valence-electron chi connectivity index (χ0n) is 15.1. The number of nitro groups is 1. The van der Waals surface area contributed by atoms with E-state index in [4.69, 9.17) is 16.3 Å². The van der Waals surface area contributed by atoms with Crippen LogP contribution in [0.4, 0.5) is 17.1 Å². The molecule has 10 heteroatoms. The molecule has 1 aliphatic rings. The van der Waals surface area contributed by atoms with Crippen LogP contribution in [-0.4, -0.2) is 46.9 Å². The number of halogens is 1. The van der Waals surface area contributed by atoms with Gasteiger partial charge in [0.1, 0.15) is 17.9 Å². The van der Waals surface area contributed by atoms with Gasteiger partial charge in [-0.3, -0.25) is 19.6 Å². The Hall–Kier alpha value is -2.65. The molecule has 144 valence electrons. The molecule has 2 heterocycles. The van der Waals surface area contributed by atoms with Crippen molar-refractivity contribution in [2.45, 2.75) is 20.4 Å². The average Bonchev–Trinajstić information content (AvgIpc) is 2.89. The number of ether oxygens (including phenoxy) is 1. The lowest BCUT2D eigenvalue weighted by Crippen LogP contribution is -2.36. The molecule has 0 aliphatic carbocycles. The number of anilines is 2. The van der Waals surface area contributed by atoms with Crippen molar-refractivity contribution in [1.82, 2.24) is 9.78 Å². The Kier molecular flexibility index (Phi) is 5.62. The number of hydrogen-bond donors (Lipinski definition) is 1. The summed E-state index contributed by atoms with van der Waals surface area (Å²) in [6.07, 6.45) is 0. The van der Waals surface area contributed by atoms with Gasteiger partial charge in [0.05, 0.1) is 29.5 Å². The number of rotatable bonds is 5. The van der Waals surface area contributed by atoms with Gasteiger partial charge in [-0.2, -0.15) is 5.10 Å². The predicted molar refractivity (Wildman–Crippen MR) is 101 cm³/mol. The molecule has 0 saturated carbocycles. The first-order valence-corrected chi connectivity index (χ1v) is 8.85. The van der Waals surface area contributed by atoms with E-state index in [1.807, 2.05) is 6.07 Å². The molecule has 1 aromatic heterocycles. The molecular weight excluding hydrogens is 374 g/mol. The maximum Gasteiger partial charge on any atom is 0.312 e. The maximum absolute atomic E-state index is 12.5. The van der Waals surface area contributed by atoms with Gasteiger partial charge in [-0.25, -0.2) is 0 Å². The van der Waals surface area contributed by atoms with Crippen molar-refractivity contribution < 1.29 is 14.5 Å². The summed E-state index contributed by atoms with van der Waals surface area (Å²) in [5, 5.41) is 18.6. The second-order valence-electron chi connectivity index (χ2n) is 6.24. The highest BCUT2D eigenvalue weighted by Crippen LogP contribution is 2.30. The molecule has 1 aromatic carbocycles. The molecule has 0 unspecified atom stereocenters. The zero-order chi connectivity index (χ0) is 19.6. The summed E-state index contributed by atoms with van der Waals surface area (Å²) in [4.78, 5) is 25.3. The molecule has 9 nitrogen and oxygen atoms in total. The van der Waals surface area contributed by atoms with Gasteiger partial charge in [0.2, 0.25) is 5.91 Å². The highest BCUT2D eigenvalue weighted by Gasteiger charge is 2.23. The topological polar surface area (TPSA) is 103 Å². The monoisotopic (exact) mass is 393 g/mol. The van der Waals surface area contributed by atoms with Crippen molar-refractivity contribution in [3.05, 3.63) is 44.7 Å². The molecular formula is C17H20ClN5O4. The fourth-order valence-electron chi connectivity index (χ4n) is 3.12. The Morgan fingerprint density at radius 3 is 2.70 bits per heavy atom. The van der Waals surface area contributed by atoms with Crippen molar-refractivity contribution in [2.75, 3.05) is 36.5 Å². The smallest absolute Gasteiger partial charge is 0.312 e. The number of benzene rings is 1. The van der Waals surface area contributed by atoms with Crippen LogP contribution in [0.1, 0.15) is 11.4 Å². The number of nitrogens with one attached hydrogen (secondary N) is 1. The fourth-order valence-corrected chi connectivity index (χ4v) is 3.29. The predicted octanol–water partition coefficient (Wildman–Crippen LogP) is 2.54. The van der Waals surface area contributed by atoms with E-state index in [2.05, 4.69) is 15.3 Å². The van der Waals surface area contributed by atoms with Gasteiger partial charge in [-0.05, 0) is 32.0 Å². The molecule has 1 fully saturated rings. The number of amides is 1. The quantitative estimate of drug-likeness (QED) is 0.618. The molecule has 1 aliphatic heterocycles. The lowest BCUT2D eigenvalue weighted by molar-refractivity contribution is -0.386. The van der Waals surface area contributed by atoms with E-state index in [0.717, 1.165) is 5.69 Å². The SMILES string of the molecule is Cc1nn(CC(=O)Nc2cc(Cl)ccc2N2CCOCC2)c(C)c1[N+](=O)[O-]. The first-order valence-electron chi connectivity index (χ1n) is 8.47. The highest BCUT2D eigenvalue weighted by atomic mass is 35.5. The Bertz CT molecular complexity index is 876. The van der Waals surface area contributed by atoms with Crippen LogP contribution in [0.5, 0.6) is 0 Å². The number of carbonyl (C=O) groups excluding carboxylic acids is 1. The molecule has 0 spiro atoms. The summed E-state index contributed by atoms with van der Waals surface area (Å²) < 4.78 is 6.70. The van der Waals surface area contributed by atoms with Gasteiger partial charge < -0.3 is 15.0 Å². The maximum atomic E-state index is 12.5. The molecule has 0 atom stereocenters. The molecule has 3 rings (SSSR count). The van der Waals surface area contributed by atoms with E-state index < -0.39 is 4.92 Å². The number of carbonyl (C=O) groups is 1. The van der Waals surface area contributed by atoms with E-state index >= 15 is 0 Å². The van der Waals surface area contributed by atoms with Gasteiger partial charge >= 0.3 is 5.69 Å². The Morgan fingerprint density at radius 1 is 1.37 bits per heavy atom. The third-order valence-electron chi connectivity index (χ3n) is 4.40. The Labute approximate surface area is 161 Å². The zero-order valence-corrected chi connectivity index (χ0v) is 15.8. The second kappa shape index (κ2) is 7.93. The third-order valence-corrected chi connectivity index (χ3v) is 4.64. The van der Waals surface area contributed by atoms with Gasteiger partial charge in [0.15, 0.2) is 0 Å².